The molecule has 1 aliphatic rings. The van der Waals surface area contributed by atoms with E-state index in [0.29, 0.717) is 13.0 Å². The average molecular weight is 244 g/mol. The lowest BCUT2D eigenvalue weighted by atomic mass is 9.98. The summed E-state index contributed by atoms with van der Waals surface area (Å²) in [4.78, 5) is 11.4. The van der Waals surface area contributed by atoms with E-state index in [4.69, 9.17) is 15.2 Å². The molecule has 100 valence electrons. The number of carbonyl (C=O) groups is 1. The Morgan fingerprint density at radius 1 is 1.65 bits per heavy atom. The van der Waals surface area contributed by atoms with Gasteiger partial charge in [-0.3, -0.25) is 4.79 Å². The Kier molecular flexibility index (Phi) is 5.36. The van der Waals surface area contributed by atoms with Gasteiger partial charge in [0.15, 0.2) is 0 Å². The lowest BCUT2D eigenvalue weighted by Gasteiger charge is -2.28. The normalized spacial score (nSPS) is 22.6. The van der Waals surface area contributed by atoms with Crippen LogP contribution >= 0.6 is 0 Å². The van der Waals surface area contributed by atoms with Crippen molar-refractivity contribution >= 4 is 5.91 Å². The van der Waals surface area contributed by atoms with Crippen molar-refractivity contribution in [3.05, 3.63) is 0 Å². The van der Waals surface area contributed by atoms with E-state index in [1.165, 1.54) is 0 Å². The zero-order chi connectivity index (χ0) is 12.9. The van der Waals surface area contributed by atoms with Gasteiger partial charge in [-0.05, 0) is 26.7 Å². The standard InChI is InChI=1S/C12H24N2O3/c1-12(2,16-3)7-10(11(13)15)14-8-9-5-4-6-17-9/h9-10,14H,4-8H2,1-3H3,(H2,13,15). The minimum Gasteiger partial charge on any atom is -0.379 e. The molecule has 1 fully saturated rings. The maximum atomic E-state index is 11.4. The minimum absolute atomic E-state index is 0.211. The SMILES string of the molecule is COC(C)(C)CC(NCC1CCCO1)C(N)=O. The molecule has 0 aliphatic carbocycles. The van der Waals surface area contributed by atoms with Gasteiger partial charge < -0.3 is 20.5 Å². The van der Waals surface area contributed by atoms with Crippen molar-refractivity contribution in [1.29, 1.82) is 0 Å². The second-order valence-electron chi connectivity index (χ2n) is 5.17. The molecule has 1 amide bonds. The fourth-order valence-corrected chi connectivity index (χ4v) is 1.93. The quantitative estimate of drug-likeness (QED) is 0.681. The first-order valence-electron chi connectivity index (χ1n) is 6.14. The maximum absolute atomic E-state index is 11.4. The fraction of sp³-hybridized carbons (Fsp3) is 0.917. The highest BCUT2D eigenvalue weighted by Gasteiger charge is 2.27. The molecule has 3 N–H and O–H groups in total. The number of methoxy groups -OCH3 is 1. The smallest absolute Gasteiger partial charge is 0.234 e. The molecule has 5 nitrogen and oxygen atoms in total. The summed E-state index contributed by atoms with van der Waals surface area (Å²) in [5, 5.41) is 3.17. The van der Waals surface area contributed by atoms with E-state index in [9.17, 15) is 4.79 Å². The minimum atomic E-state index is -0.367. The van der Waals surface area contributed by atoms with Crippen molar-refractivity contribution in [1.82, 2.24) is 5.32 Å². The van der Waals surface area contributed by atoms with Gasteiger partial charge in [0.25, 0.3) is 0 Å². The second kappa shape index (κ2) is 6.33. The number of rotatable bonds is 7. The summed E-state index contributed by atoms with van der Waals surface area (Å²) >= 11 is 0. The Labute approximate surface area is 103 Å². The maximum Gasteiger partial charge on any atom is 0.234 e. The van der Waals surface area contributed by atoms with E-state index >= 15 is 0 Å². The molecule has 0 aromatic heterocycles. The van der Waals surface area contributed by atoms with E-state index in [-0.39, 0.29) is 23.7 Å². The van der Waals surface area contributed by atoms with Gasteiger partial charge in [-0.1, -0.05) is 0 Å². The van der Waals surface area contributed by atoms with Crippen LogP contribution in [-0.4, -0.2) is 43.9 Å². The summed E-state index contributed by atoms with van der Waals surface area (Å²) in [6.07, 6.45) is 2.91. The Bertz CT molecular complexity index is 250. The number of amides is 1. The van der Waals surface area contributed by atoms with Gasteiger partial charge >= 0.3 is 0 Å². The molecule has 0 saturated carbocycles. The first-order chi connectivity index (χ1) is 7.94. The van der Waals surface area contributed by atoms with E-state index in [2.05, 4.69) is 5.32 Å². The number of hydrogen-bond acceptors (Lipinski definition) is 4. The first kappa shape index (κ1) is 14.4. The van der Waals surface area contributed by atoms with Crippen molar-refractivity contribution in [2.24, 2.45) is 5.73 Å². The highest BCUT2D eigenvalue weighted by Crippen LogP contribution is 2.16. The second-order valence-corrected chi connectivity index (χ2v) is 5.17. The van der Waals surface area contributed by atoms with Gasteiger partial charge in [0.05, 0.1) is 17.7 Å². The van der Waals surface area contributed by atoms with Crippen LogP contribution in [-0.2, 0) is 14.3 Å². The van der Waals surface area contributed by atoms with Crippen LogP contribution in [0.25, 0.3) is 0 Å². The number of ether oxygens (including phenoxy) is 2. The van der Waals surface area contributed by atoms with Gasteiger partial charge in [-0.25, -0.2) is 0 Å². The molecule has 1 aliphatic heterocycles. The van der Waals surface area contributed by atoms with Crippen LogP contribution in [0.2, 0.25) is 0 Å². The molecule has 1 saturated heterocycles. The molecular formula is C12H24N2O3. The van der Waals surface area contributed by atoms with Crippen LogP contribution in [0.3, 0.4) is 0 Å². The van der Waals surface area contributed by atoms with E-state index in [1.54, 1.807) is 7.11 Å². The van der Waals surface area contributed by atoms with Gasteiger partial charge in [-0.2, -0.15) is 0 Å². The van der Waals surface area contributed by atoms with Crippen molar-refractivity contribution in [2.75, 3.05) is 20.3 Å². The van der Waals surface area contributed by atoms with Gasteiger partial charge in [0.2, 0.25) is 5.91 Å². The van der Waals surface area contributed by atoms with Crippen LogP contribution < -0.4 is 11.1 Å². The summed E-state index contributed by atoms with van der Waals surface area (Å²) in [6, 6.07) is -0.367. The van der Waals surface area contributed by atoms with Crippen LogP contribution in [0.5, 0.6) is 0 Å². The Balaban J connectivity index is 2.40. The summed E-state index contributed by atoms with van der Waals surface area (Å²) < 4.78 is 10.8. The van der Waals surface area contributed by atoms with Crippen LogP contribution in [0.15, 0.2) is 0 Å². The zero-order valence-corrected chi connectivity index (χ0v) is 11.0. The zero-order valence-electron chi connectivity index (χ0n) is 11.0. The van der Waals surface area contributed by atoms with Gasteiger partial charge in [0.1, 0.15) is 0 Å². The first-order valence-corrected chi connectivity index (χ1v) is 6.14. The Hall–Kier alpha value is -0.650. The van der Waals surface area contributed by atoms with Crippen LogP contribution in [0.1, 0.15) is 33.1 Å². The molecule has 0 radical (unpaired) electrons. The summed E-state index contributed by atoms with van der Waals surface area (Å²) in [6.45, 7) is 5.37. The third-order valence-corrected chi connectivity index (χ3v) is 3.21. The van der Waals surface area contributed by atoms with Crippen molar-refractivity contribution in [3.8, 4) is 0 Å². The molecular weight excluding hydrogens is 220 g/mol. The Morgan fingerprint density at radius 3 is 2.82 bits per heavy atom. The lowest BCUT2D eigenvalue weighted by molar-refractivity contribution is -0.122. The lowest BCUT2D eigenvalue weighted by Crippen LogP contribution is -2.48. The molecule has 0 bridgehead atoms. The monoisotopic (exact) mass is 244 g/mol. The van der Waals surface area contributed by atoms with Gasteiger partial charge in [-0.15, -0.1) is 0 Å². The van der Waals surface area contributed by atoms with Crippen LogP contribution in [0, 0.1) is 0 Å². The number of nitrogens with one attached hydrogen (secondary N) is 1. The van der Waals surface area contributed by atoms with E-state index < -0.39 is 0 Å². The van der Waals surface area contributed by atoms with Crippen molar-refractivity contribution in [2.45, 2.75) is 50.9 Å². The molecule has 0 aromatic carbocycles. The van der Waals surface area contributed by atoms with E-state index in [0.717, 1.165) is 19.4 Å². The average Bonchev–Trinajstić information content (AvgIpc) is 2.76. The molecule has 17 heavy (non-hydrogen) atoms. The number of primary amides is 1. The summed E-state index contributed by atoms with van der Waals surface area (Å²) in [7, 11) is 1.64. The summed E-state index contributed by atoms with van der Waals surface area (Å²) in [5.41, 5.74) is 5.03. The number of carbonyl (C=O) groups excluding carboxylic acids is 1. The molecule has 5 heteroatoms. The number of nitrogens with two attached hydrogens (primary N) is 1. The molecule has 0 spiro atoms. The third kappa shape index (κ3) is 5.02. The highest BCUT2D eigenvalue weighted by molar-refractivity contribution is 5.79. The van der Waals surface area contributed by atoms with Crippen LogP contribution in [0.4, 0.5) is 0 Å². The molecule has 2 unspecified atom stereocenters. The molecule has 1 heterocycles. The number of hydrogen-bond donors (Lipinski definition) is 2. The van der Waals surface area contributed by atoms with Crippen molar-refractivity contribution in [3.63, 3.8) is 0 Å². The topological polar surface area (TPSA) is 73.6 Å². The fourth-order valence-electron chi connectivity index (χ4n) is 1.93. The van der Waals surface area contributed by atoms with Crippen molar-refractivity contribution < 1.29 is 14.3 Å². The summed E-state index contributed by atoms with van der Waals surface area (Å²) in [5.74, 6) is -0.340. The molecule has 1 rings (SSSR count). The third-order valence-electron chi connectivity index (χ3n) is 3.21. The highest BCUT2D eigenvalue weighted by atomic mass is 16.5. The predicted octanol–water partition coefficient (Wildman–Crippen LogP) is 0.424. The van der Waals surface area contributed by atoms with Gasteiger partial charge in [0, 0.05) is 26.7 Å². The van der Waals surface area contributed by atoms with E-state index in [1.807, 2.05) is 13.8 Å². The predicted molar refractivity (Wildman–Crippen MR) is 65.7 cm³/mol. The molecule has 2 atom stereocenters. The largest absolute Gasteiger partial charge is 0.379 e. The molecule has 0 aromatic rings. The Morgan fingerprint density at radius 2 is 2.35 bits per heavy atom.